The highest BCUT2D eigenvalue weighted by atomic mass is 79.9. The van der Waals surface area contributed by atoms with Crippen LogP contribution in [0.1, 0.15) is 19.4 Å². The lowest BCUT2D eigenvalue weighted by Crippen LogP contribution is -2.19. The number of hydrogen-bond acceptors (Lipinski definition) is 3. The minimum Gasteiger partial charge on any atom is -0.491 e. The van der Waals surface area contributed by atoms with Crippen molar-refractivity contribution in [1.82, 2.24) is 5.32 Å². The molecular formula is C14H22BrNO2. The van der Waals surface area contributed by atoms with Crippen LogP contribution in [-0.2, 0) is 11.3 Å². The molecule has 0 aliphatic heterocycles. The average Bonchev–Trinajstić information content (AvgIpc) is 2.33. The van der Waals surface area contributed by atoms with E-state index >= 15 is 0 Å². The maximum absolute atomic E-state index is 5.60. The zero-order chi connectivity index (χ0) is 13.4. The quantitative estimate of drug-likeness (QED) is 0.747. The summed E-state index contributed by atoms with van der Waals surface area (Å²) in [6.07, 6.45) is 0. The largest absolute Gasteiger partial charge is 0.491 e. The summed E-state index contributed by atoms with van der Waals surface area (Å²) < 4.78 is 11.7. The summed E-state index contributed by atoms with van der Waals surface area (Å²) in [5, 5.41) is 3.43. The molecule has 0 aliphatic carbocycles. The van der Waals surface area contributed by atoms with Gasteiger partial charge in [-0.25, -0.2) is 0 Å². The van der Waals surface area contributed by atoms with Gasteiger partial charge in [-0.3, -0.25) is 0 Å². The van der Waals surface area contributed by atoms with Crippen LogP contribution in [0.2, 0.25) is 0 Å². The van der Waals surface area contributed by atoms with Crippen molar-refractivity contribution in [2.24, 2.45) is 5.92 Å². The SMILES string of the molecule is COCCOc1ccc(Br)c(CNCC(C)C)c1. The van der Waals surface area contributed by atoms with E-state index in [0.717, 1.165) is 23.3 Å². The van der Waals surface area contributed by atoms with Crippen LogP contribution in [0.3, 0.4) is 0 Å². The van der Waals surface area contributed by atoms with E-state index in [2.05, 4.69) is 41.2 Å². The van der Waals surface area contributed by atoms with Crippen LogP contribution in [0.4, 0.5) is 0 Å². The number of halogens is 1. The Hall–Kier alpha value is -0.580. The zero-order valence-corrected chi connectivity index (χ0v) is 12.9. The lowest BCUT2D eigenvalue weighted by atomic mass is 10.2. The van der Waals surface area contributed by atoms with Gasteiger partial charge >= 0.3 is 0 Å². The Kier molecular flexibility index (Phi) is 7.32. The third-order valence-electron chi connectivity index (χ3n) is 2.44. The Labute approximate surface area is 118 Å². The summed E-state index contributed by atoms with van der Waals surface area (Å²) in [5.41, 5.74) is 1.21. The number of hydrogen-bond donors (Lipinski definition) is 1. The highest BCUT2D eigenvalue weighted by Gasteiger charge is 2.03. The highest BCUT2D eigenvalue weighted by Crippen LogP contribution is 2.22. The first-order valence-corrected chi connectivity index (χ1v) is 7.03. The van der Waals surface area contributed by atoms with E-state index in [9.17, 15) is 0 Å². The number of rotatable bonds is 8. The van der Waals surface area contributed by atoms with E-state index in [1.54, 1.807) is 7.11 Å². The molecule has 0 spiro atoms. The molecule has 0 aromatic heterocycles. The maximum Gasteiger partial charge on any atom is 0.119 e. The van der Waals surface area contributed by atoms with Crippen LogP contribution < -0.4 is 10.1 Å². The van der Waals surface area contributed by atoms with Crippen molar-refractivity contribution in [2.75, 3.05) is 26.9 Å². The van der Waals surface area contributed by atoms with Crippen LogP contribution in [0, 0.1) is 5.92 Å². The van der Waals surface area contributed by atoms with E-state index in [1.165, 1.54) is 5.56 Å². The molecule has 3 nitrogen and oxygen atoms in total. The molecule has 0 fully saturated rings. The van der Waals surface area contributed by atoms with Crippen molar-refractivity contribution < 1.29 is 9.47 Å². The average molecular weight is 316 g/mol. The number of methoxy groups -OCH3 is 1. The Bertz CT molecular complexity index is 356. The lowest BCUT2D eigenvalue weighted by Gasteiger charge is -2.11. The lowest BCUT2D eigenvalue weighted by molar-refractivity contribution is 0.146. The summed E-state index contributed by atoms with van der Waals surface area (Å²) in [6, 6.07) is 6.05. The van der Waals surface area contributed by atoms with E-state index in [0.29, 0.717) is 19.1 Å². The van der Waals surface area contributed by atoms with Crippen LogP contribution in [-0.4, -0.2) is 26.9 Å². The van der Waals surface area contributed by atoms with Gasteiger partial charge in [-0.1, -0.05) is 29.8 Å². The van der Waals surface area contributed by atoms with Gasteiger partial charge in [0.2, 0.25) is 0 Å². The predicted molar refractivity (Wildman–Crippen MR) is 78.1 cm³/mol. The molecule has 0 saturated carbocycles. The number of ether oxygens (including phenoxy) is 2. The van der Waals surface area contributed by atoms with Crippen molar-refractivity contribution >= 4 is 15.9 Å². The van der Waals surface area contributed by atoms with Crippen LogP contribution in [0.15, 0.2) is 22.7 Å². The fourth-order valence-electron chi connectivity index (χ4n) is 1.51. The molecule has 0 aliphatic rings. The fourth-order valence-corrected chi connectivity index (χ4v) is 1.90. The van der Waals surface area contributed by atoms with Crippen LogP contribution >= 0.6 is 15.9 Å². The van der Waals surface area contributed by atoms with Crippen molar-refractivity contribution in [3.05, 3.63) is 28.2 Å². The molecule has 1 aromatic carbocycles. The fraction of sp³-hybridized carbons (Fsp3) is 0.571. The van der Waals surface area contributed by atoms with Gasteiger partial charge < -0.3 is 14.8 Å². The van der Waals surface area contributed by atoms with Crippen LogP contribution in [0.5, 0.6) is 5.75 Å². The minimum absolute atomic E-state index is 0.580. The van der Waals surface area contributed by atoms with Crippen molar-refractivity contribution in [3.63, 3.8) is 0 Å². The smallest absolute Gasteiger partial charge is 0.119 e. The molecule has 1 N–H and O–H groups in total. The minimum atomic E-state index is 0.580. The molecule has 102 valence electrons. The normalized spacial score (nSPS) is 10.9. The van der Waals surface area contributed by atoms with Gasteiger partial charge in [0.1, 0.15) is 12.4 Å². The van der Waals surface area contributed by atoms with Gasteiger partial charge in [0.25, 0.3) is 0 Å². The molecular weight excluding hydrogens is 294 g/mol. The Morgan fingerprint density at radius 2 is 2.06 bits per heavy atom. The molecule has 0 saturated heterocycles. The van der Waals surface area contributed by atoms with Crippen molar-refractivity contribution in [2.45, 2.75) is 20.4 Å². The van der Waals surface area contributed by atoms with E-state index in [-0.39, 0.29) is 0 Å². The maximum atomic E-state index is 5.60. The van der Waals surface area contributed by atoms with Crippen molar-refractivity contribution in [3.8, 4) is 5.75 Å². The zero-order valence-electron chi connectivity index (χ0n) is 11.3. The first-order valence-electron chi connectivity index (χ1n) is 6.24. The first kappa shape index (κ1) is 15.5. The van der Waals surface area contributed by atoms with E-state index < -0.39 is 0 Å². The number of benzene rings is 1. The molecule has 1 aromatic rings. The molecule has 18 heavy (non-hydrogen) atoms. The highest BCUT2D eigenvalue weighted by molar-refractivity contribution is 9.10. The van der Waals surface area contributed by atoms with Gasteiger partial charge in [-0.05, 0) is 36.2 Å². The Morgan fingerprint density at radius 3 is 2.72 bits per heavy atom. The monoisotopic (exact) mass is 315 g/mol. The molecule has 0 bridgehead atoms. The summed E-state index contributed by atoms with van der Waals surface area (Å²) in [7, 11) is 1.67. The van der Waals surface area contributed by atoms with Crippen molar-refractivity contribution in [1.29, 1.82) is 0 Å². The predicted octanol–water partition coefficient (Wildman–Crippen LogP) is 3.22. The molecule has 0 amide bonds. The summed E-state index contributed by atoms with van der Waals surface area (Å²) in [4.78, 5) is 0. The second-order valence-electron chi connectivity index (χ2n) is 4.62. The molecule has 0 unspecified atom stereocenters. The third kappa shape index (κ3) is 5.85. The topological polar surface area (TPSA) is 30.5 Å². The number of nitrogens with one attached hydrogen (secondary N) is 1. The van der Waals surface area contributed by atoms with Gasteiger partial charge in [0.15, 0.2) is 0 Å². The second kappa shape index (κ2) is 8.51. The van der Waals surface area contributed by atoms with Gasteiger partial charge in [0.05, 0.1) is 6.61 Å². The standard InChI is InChI=1S/C14H22BrNO2/c1-11(2)9-16-10-12-8-13(4-5-14(12)15)18-7-6-17-3/h4-5,8,11,16H,6-7,9-10H2,1-3H3. The van der Waals surface area contributed by atoms with Gasteiger partial charge in [-0.2, -0.15) is 0 Å². The molecule has 0 heterocycles. The van der Waals surface area contributed by atoms with E-state index in [4.69, 9.17) is 9.47 Å². The summed E-state index contributed by atoms with van der Waals surface area (Å²) in [5.74, 6) is 1.54. The summed E-state index contributed by atoms with van der Waals surface area (Å²) >= 11 is 3.56. The summed E-state index contributed by atoms with van der Waals surface area (Å²) in [6.45, 7) is 7.45. The molecule has 0 atom stereocenters. The first-order chi connectivity index (χ1) is 8.63. The Balaban J connectivity index is 2.52. The molecule has 4 heteroatoms. The van der Waals surface area contributed by atoms with Crippen LogP contribution in [0.25, 0.3) is 0 Å². The third-order valence-corrected chi connectivity index (χ3v) is 3.22. The molecule has 0 radical (unpaired) electrons. The second-order valence-corrected chi connectivity index (χ2v) is 5.47. The van der Waals surface area contributed by atoms with Gasteiger partial charge in [0, 0.05) is 18.1 Å². The molecule has 1 rings (SSSR count). The van der Waals surface area contributed by atoms with Gasteiger partial charge in [-0.15, -0.1) is 0 Å². The Morgan fingerprint density at radius 1 is 1.28 bits per heavy atom. The van der Waals surface area contributed by atoms with E-state index in [1.807, 2.05) is 12.1 Å².